The highest BCUT2D eigenvalue weighted by Gasteiger charge is 2.58. The molecule has 1 aromatic heterocycles. The third kappa shape index (κ3) is 5.61. The summed E-state index contributed by atoms with van der Waals surface area (Å²) in [5, 5.41) is 6.67. The monoisotopic (exact) mass is 619 g/mol. The Balaban J connectivity index is 1.36. The van der Waals surface area contributed by atoms with Crippen LogP contribution in [0.2, 0.25) is 0 Å². The van der Waals surface area contributed by atoms with Crippen molar-refractivity contribution >= 4 is 23.8 Å². The van der Waals surface area contributed by atoms with Crippen molar-refractivity contribution < 1.29 is 45.9 Å². The van der Waals surface area contributed by atoms with Gasteiger partial charge in [-0.2, -0.15) is 18.3 Å². The minimum Gasteiger partial charge on any atom is -0.427 e. The van der Waals surface area contributed by atoms with E-state index in [9.17, 15) is 41.1 Å². The zero-order valence-corrected chi connectivity index (χ0v) is 23.5. The number of aryl methyl sites for hydroxylation is 1. The van der Waals surface area contributed by atoms with Crippen molar-refractivity contribution in [2.75, 3.05) is 13.6 Å². The number of benzene rings is 2. The number of amides is 4. The third-order valence-electron chi connectivity index (χ3n) is 7.80. The summed E-state index contributed by atoms with van der Waals surface area (Å²) >= 11 is 0. The minimum atomic E-state index is -4.90. The van der Waals surface area contributed by atoms with E-state index in [0.29, 0.717) is 45.9 Å². The Labute approximate surface area is 247 Å². The van der Waals surface area contributed by atoms with Gasteiger partial charge in [0, 0.05) is 37.3 Å². The Bertz CT molecular complexity index is 1660. The van der Waals surface area contributed by atoms with E-state index in [2.05, 4.69) is 10.4 Å². The maximum Gasteiger partial charge on any atom is 0.418 e. The molecule has 0 radical (unpaired) electrons. The fourth-order valence-electron chi connectivity index (χ4n) is 5.34. The molecule has 1 saturated heterocycles. The zero-order chi connectivity index (χ0) is 32.0. The van der Waals surface area contributed by atoms with E-state index in [1.54, 1.807) is 30.6 Å². The first-order chi connectivity index (χ1) is 20.7. The fraction of sp³-hybridized carbons (Fsp3) is 0.345. The zero-order valence-electron chi connectivity index (χ0n) is 23.5. The summed E-state index contributed by atoms with van der Waals surface area (Å²) in [4.78, 5) is 52.1. The van der Waals surface area contributed by atoms with E-state index in [1.165, 1.54) is 11.7 Å². The van der Waals surface area contributed by atoms with Crippen LogP contribution in [0.25, 0.3) is 11.1 Å². The number of ether oxygens (including phenoxy) is 1. The molecule has 44 heavy (non-hydrogen) atoms. The second-order valence-electron chi connectivity index (χ2n) is 10.5. The van der Waals surface area contributed by atoms with Crippen LogP contribution in [-0.4, -0.2) is 69.2 Å². The fourth-order valence-corrected chi connectivity index (χ4v) is 5.34. The predicted molar refractivity (Wildman–Crippen MR) is 142 cm³/mol. The van der Waals surface area contributed by atoms with E-state index in [4.69, 9.17) is 4.74 Å². The molecule has 0 unspecified atom stereocenters. The van der Waals surface area contributed by atoms with Crippen LogP contribution in [-0.2, 0) is 44.2 Å². The van der Waals surface area contributed by atoms with Crippen molar-refractivity contribution in [2.24, 2.45) is 0 Å². The van der Waals surface area contributed by atoms with E-state index >= 15 is 0 Å². The molecule has 1 spiro atoms. The van der Waals surface area contributed by atoms with Crippen LogP contribution in [0.3, 0.4) is 0 Å². The average Bonchev–Trinajstić information content (AvgIpc) is 3.65. The number of carbonyl (C=O) groups excluding carboxylic acids is 4. The largest absolute Gasteiger partial charge is 0.427 e. The lowest BCUT2D eigenvalue weighted by Gasteiger charge is -2.31. The highest BCUT2D eigenvalue weighted by molar-refractivity contribution is 6.06. The number of nitrogens with zero attached hydrogens (tertiary/aromatic N) is 4. The molecule has 232 valence electrons. The number of fused-ring (bicyclic) bond motifs is 2. The first-order valence-corrected chi connectivity index (χ1v) is 13.5. The van der Waals surface area contributed by atoms with Gasteiger partial charge >= 0.3 is 12.3 Å². The summed E-state index contributed by atoms with van der Waals surface area (Å²) in [5.41, 5.74) is 0.604. The van der Waals surface area contributed by atoms with Crippen molar-refractivity contribution in [2.45, 2.75) is 50.7 Å². The number of likely N-dealkylation sites (N-methyl/N-ethyl adjacent to an activating group) is 1. The first kappa shape index (κ1) is 30.6. The van der Waals surface area contributed by atoms with Gasteiger partial charge in [0.1, 0.15) is 19.1 Å². The topological polar surface area (TPSA) is 114 Å². The van der Waals surface area contributed by atoms with Crippen LogP contribution in [0.1, 0.15) is 30.0 Å². The van der Waals surface area contributed by atoms with Crippen LogP contribution in [0.4, 0.5) is 26.7 Å². The normalized spacial score (nSPS) is 18.4. The molecule has 3 aromatic rings. The SMILES string of the molecule is CNC(=O)Cn1cc(-c2ccc3c(c2)CC[C@@]32OC(=O)N(CC(=O)N(Cc3ccc(F)c(F)c3)[C@@H](C)C(F)(F)F)C2=O)cn1. The number of alkyl halides is 3. The molecule has 15 heteroatoms. The van der Waals surface area contributed by atoms with E-state index in [-0.39, 0.29) is 24.4 Å². The Morgan fingerprint density at radius 2 is 1.84 bits per heavy atom. The molecule has 2 heterocycles. The van der Waals surface area contributed by atoms with Crippen LogP contribution in [0, 0.1) is 11.6 Å². The molecule has 5 rings (SSSR count). The lowest BCUT2D eigenvalue weighted by Crippen LogP contribution is -2.51. The van der Waals surface area contributed by atoms with Crippen LogP contribution in [0.5, 0.6) is 0 Å². The number of rotatable bonds is 8. The number of imide groups is 1. The lowest BCUT2D eigenvalue weighted by molar-refractivity contribution is -0.187. The molecule has 1 aliphatic heterocycles. The van der Waals surface area contributed by atoms with E-state index in [0.717, 1.165) is 17.7 Å². The number of carbonyl (C=O) groups is 4. The van der Waals surface area contributed by atoms with Crippen molar-refractivity contribution in [3.63, 3.8) is 0 Å². The van der Waals surface area contributed by atoms with Gasteiger partial charge < -0.3 is 15.0 Å². The summed E-state index contributed by atoms with van der Waals surface area (Å²) in [6, 6.07) is 5.10. The maximum absolute atomic E-state index is 13.7. The van der Waals surface area contributed by atoms with Crippen molar-refractivity contribution in [3.05, 3.63) is 77.1 Å². The van der Waals surface area contributed by atoms with Gasteiger partial charge in [-0.15, -0.1) is 0 Å². The Hall–Kier alpha value is -4.82. The highest BCUT2D eigenvalue weighted by Crippen LogP contribution is 2.46. The van der Waals surface area contributed by atoms with E-state index < -0.39 is 60.5 Å². The number of hydrogen-bond acceptors (Lipinski definition) is 6. The molecule has 1 fully saturated rings. The summed E-state index contributed by atoms with van der Waals surface area (Å²) in [5.74, 6) is -4.90. The smallest absolute Gasteiger partial charge is 0.418 e. The van der Waals surface area contributed by atoms with Crippen LogP contribution in [0.15, 0.2) is 48.8 Å². The standard InChI is InChI=1S/C29H26F5N5O5/c1-16(29(32,33)34)38(12-17-3-6-22(30)23(31)9-17)25(41)15-39-26(42)28(44-27(39)43)8-7-19-10-18(4-5-21(19)28)20-11-36-37(13-20)14-24(40)35-2/h3-6,9-11,13,16H,7-8,12,14-15H2,1-2H3,(H,35,40)/t16-,28+/m0/s1. The second kappa shape index (κ2) is 11.4. The van der Waals surface area contributed by atoms with Gasteiger partial charge in [-0.3, -0.25) is 19.1 Å². The molecule has 2 aromatic carbocycles. The molecule has 0 saturated carbocycles. The summed E-state index contributed by atoms with van der Waals surface area (Å²) in [6.07, 6.45) is -2.48. The van der Waals surface area contributed by atoms with Crippen molar-refractivity contribution in [3.8, 4) is 11.1 Å². The highest BCUT2D eigenvalue weighted by atomic mass is 19.4. The van der Waals surface area contributed by atoms with Gasteiger partial charge in [0.05, 0.1) is 6.20 Å². The van der Waals surface area contributed by atoms with Gasteiger partial charge in [-0.05, 0) is 42.2 Å². The molecular weight excluding hydrogens is 593 g/mol. The molecule has 2 aliphatic rings. The number of aromatic nitrogens is 2. The van der Waals surface area contributed by atoms with Crippen molar-refractivity contribution in [1.82, 2.24) is 24.9 Å². The van der Waals surface area contributed by atoms with Gasteiger partial charge in [-0.1, -0.05) is 24.3 Å². The Morgan fingerprint density at radius 1 is 1.09 bits per heavy atom. The third-order valence-corrected chi connectivity index (χ3v) is 7.80. The van der Waals surface area contributed by atoms with Gasteiger partial charge in [0.15, 0.2) is 11.6 Å². The molecular formula is C29H26F5N5O5. The van der Waals surface area contributed by atoms with Crippen LogP contribution >= 0.6 is 0 Å². The van der Waals surface area contributed by atoms with Crippen molar-refractivity contribution in [1.29, 1.82) is 0 Å². The lowest BCUT2D eigenvalue weighted by atomic mass is 9.93. The first-order valence-electron chi connectivity index (χ1n) is 13.5. The molecule has 0 bridgehead atoms. The average molecular weight is 620 g/mol. The molecule has 10 nitrogen and oxygen atoms in total. The molecule has 1 aliphatic carbocycles. The predicted octanol–water partition coefficient (Wildman–Crippen LogP) is 3.67. The number of nitrogens with one attached hydrogen (secondary N) is 1. The molecule has 4 amide bonds. The molecule has 1 N–H and O–H groups in total. The minimum absolute atomic E-state index is 0.0174. The quantitative estimate of drug-likeness (QED) is 0.385. The summed E-state index contributed by atoms with van der Waals surface area (Å²) in [6.45, 7) is -1.09. The van der Waals surface area contributed by atoms with Gasteiger partial charge in [-0.25, -0.2) is 18.5 Å². The van der Waals surface area contributed by atoms with Gasteiger partial charge in [0.2, 0.25) is 17.4 Å². The molecule has 2 atom stereocenters. The number of hydrogen-bond donors (Lipinski definition) is 1. The number of halogens is 5. The van der Waals surface area contributed by atoms with Gasteiger partial charge in [0.25, 0.3) is 5.91 Å². The second-order valence-corrected chi connectivity index (χ2v) is 10.5. The van der Waals surface area contributed by atoms with E-state index in [1.807, 2.05) is 0 Å². The summed E-state index contributed by atoms with van der Waals surface area (Å²) < 4.78 is 75.1. The summed E-state index contributed by atoms with van der Waals surface area (Å²) in [7, 11) is 1.51. The Morgan fingerprint density at radius 3 is 2.52 bits per heavy atom. The Kier molecular flexibility index (Phi) is 7.90. The maximum atomic E-state index is 13.7. The van der Waals surface area contributed by atoms with Crippen LogP contribution < -0.4 is 5.32 Å².